The number of amides is 1. The molecule has 1 saturated heterocycles. The third-order valence-electron chi connectivity index (χ3n) is 3.99. The first kappa shape index (κ1) is 13.8. The fourth-order valence-corrected chi connectivity index (χ4v) is 4.18. The number of hydrogen-bond donors (Lipinski definition) is 1. The summed E-state index contributed by atoms with van der Waals surface area (Å²) in [6.45, 7) is 1.05. The topological polar surface area (TPSA) is 66.5 Å². The molecule has 1 N–H and O–H groups in total. The number of carbonyl (C=O) groups excluding carboxylic acids is 1. The number of hydrogen-bond acceptors (Lipinski definition) is 3. The third kappa shape index (κ3) is 3.23. The lowest BCUT2D eigenvalue weighted by atomic mass is 10.1. The minimum absolute atomic E-state index is 0.0506. The SMILES string of the molecule is CS(=O)(=O)N1CCCC1CNC(=O)C1CCCC1. The van der Waals surface area contributed by atoms with Crippen molar-refractivity contribution in [2.45, 2.75) is 44.6 Å². The molecule has 1 unspecified atom stereocenters. The second-order valence-corrected chi connectivity index (χ2v) is 7.33. The Labute approximate surface area is 109 Å². The van der Waals surface area contributed by atoms with Gasteiger partial charge in [0.15, 0.2) is 0 Å². The zero-order valence-corrected chi connectivity index (χ0v) is 11.7. The highest BCUT2D eigenvalue weighted by Crippen LogP contribution is 2.25. The van der Waals surface area contributed by atoms with Gasteiger partial charge in [0.25, 0.3) is 0 Å². The summed E-state index contributed by atoms with van der Waals surface area (Å²) in [5.41, 5.74) is 0. The molecule has 104 valence electrons. The minimum atomic E-state index is -3.14. The van der Waals surface area contributed by atoms with Crippen LogP contribution < -0.4 is 5.32 Å². The molecule has 0 spiro atoms. The van der Waals surface area contributed by atoms with Crippen molar-refractivity contribution < 1.29 is 13.2 Å². The lowest BCUT2D eigenvalue weighted by Crippen LogP contribution is -2.43. The average Bonchev–Trinajstić information content (AvgIpc) is 2.95. The zero-order chi connectivity index (χ0) is 13.2. The molecule has 0 radical (unpaired) electrons. The molecule has 18 heavy (non-hydrogen) atoms. The molecule has 0 aromatic rings. The van der Waals surface area contributed by atoms with Crippen LogP contribution in [0.3, 0.4) is 0 Å². The predicted octanol–water partition coefficient (Wildman–Crippen LogP) is 0.717. The fraction of sp³-hybridized carbons (Fsp3) is 0.917. The summed E-state index contributed by atoms with van der Waals surface area (Å²) in [4.78, 5) is 11.9. The largest absolute Gasteiger partial charge is 0.354 e. The molecule has 1 atom stereocenters. The Bertz CT molecular complexity index is 402. The molecule has 0 aromatic carbocycles. The molecule has 1 amide bonds. The van der Waals surface area contributed by atoms with Gasteiger partial charge in [-0.1, -0.05) is 12.8 Å². The van der Waals surface area contributed by atoms with Crippen LogP contribution in [0, 0.1) is 5.92 Å². The van der Waals surface area contributed by atoms with E-state index in [-0.39, 0.29) is 17.9 Å². The number of carbonyl (C=O) groups is 1. The molecular weight excluding hydrogens is 252 g/mol. The summed E-state index contributed by atoms with van der Waals surface area (Å²) in [6.07, 6.45) is 7.20. The molecule has 5 nitrogen and oxygen atoms in total. The maximum atomic E-state index is 11.9. The van der Waals surface area contributed by atoms with E-state index in [1.807, 2.05) is 0 Å². The van der Waals surface area contributed by atoms with Crippen molar-refractivity contribution >= 4 is 15.9 Å². The Morgan fingerprint density at radius 1 is 1.22 bits per heavy atom. The van der Waals surface area contributed by atoms with E-state index in [2.05, 4.69) is 5.32 Å². The molecular formula is C12H22N2O3S. The van der Waals surface area contributed by atoms with Crippen LogP contribution in [-0.2, 0) is 14.8 Å². The van der Waals surface area contributed by atoms with Crippen LogP contribution in [0.4, 0.5) is 0 Å². The Morgan fingerprint density at radius 3 is 2.50 bits per heavy atom. The highest BCUT2D eigenvalue weighted by Gasteiger charge is 2.32. The van der Waals surface area contributed by atoms with Crippen LogP contribution in [0.25, 0.3) is 0 Å². The normalized spacial score (nSPS) is 26.6. The molecule has 1 heterocycles. The summed E-state index contributed by atoms with van der Waals surface area (Å²) < 4.78 is 24.6. The van der Waals surface area contributed by atoms with Gasteiger partial charge in [-0.2, -0.15) is 4.31 Å². The quantitative estimate of drug-likeness (QED) is 0.821. The maximum absolute atomic E-state index is 11.9. The molecule has 0 bridgehead atoms. The Hall–Kier alpha value is -0.620. The van der Waals surface area contributed by atoms with Gasteiger partial charge in [0, 0.05) is 25.0 Å². The van der Waals surface area contributed by atoms with Gasteiger partial charge >= 0.3 is 0 Å². The zero-order valence-electron chi connectivity index (χ0n) is 10.9. The lowest BCUT2D eigenvalue weighted by molar-refractivity contribution is -0.124. The van der Waals surface area contributed by atoms with Gasteiger partial charge in [0.1, 0.15) is 0 Å². The van der Waals surface area contributed by atoms with Crippen molar-refractivity contribution in [1.29, 1.82) is 0 Å². The highest BCUT2D eigenvalue weighted by atomic mass is 32.2. The third-order valence-corrected chi connectivity index (χ3v) is 5.32. The van der Waals surface area contributed by atoms with E-state index in [1.165, 1.54) is 10.6 Å². The summed E-state index contributed by atoms with van der Waals surface area (Å²) in [5, 5.41) is 2.92. The van der Waals surface area contributed by atoms with Crippen LogP contribution in [0.15, 0.2) is 0 Å². The smallest absolute Gasteiger partial charge is 0.223 e. The van der Waals surface area contributed by atoms with Crippen LogP contribution >= 0.6 is 0 Å². The van der Waals surface area contributed by atoms with E-state index in [1.54, 1.807) is 0 Å². The summed E-state index contributed by atoms with van der Waals surface area (Å²) in [7, 11) is -3.14. The predicted molar refractivity (Wildman–Crippen MR) is 69.5 cm³/mol. The maximum Gasteiger partial charge on any atom is 0.223 e. The number of sulfonamides is 1. The number of rotatable bonds is 4. The second-order valence-electron chi connectivity index (χ2n) is 5.40. The molecule has 1 aliphatic carbocycles. The van der Waals surface area contributed by atoms with E-state index >= 15 is 0 Å². The summed E-state index contributed by atoms with van der Waals surface area (Å²) in [6, 6.07) is -0.0506. The van der Waals surface area contributed by atoms with E-state index in [4.69, 9.17) is 0 Å². The second kappa shape index (κ2) is 5.57. The van der Waals surface area contributed by atoms with Gasteiger partial charge in [-0.25, -0.2) is 8.42 Å². The first-order chi connectivity index (χ1) is 8.48. The molecule has 2 aliphatic rings. The molecule has 2 rings (SSSR count). The van der Waals surface area contributed by atoms with Crippen LogP contribution in [0.2, 0.25) is 0 Å². The first-order valence-corrected chi connectivity index (χ1v) is 8.58. The summed E-state index contributed by atoms with van der Waals surface area (Å²) in [5.74, 6) is 0.255. The number of nitrogens with one attached hydrogen (secondary N) is 1. The van der Waals surface area contributed by atoms with Gasteiger partial charge < -0.3 is 5.32 Å². The number of nitrogens with zero attached hydrogens (tertiary/aromatic N) is 1. The van der Waals surface area contributed by atoms with Crippen molar-refractivity contribution in [2.24, 2.45) is 5.92 Å². The highest BCUT2D eigenvalue weighted by molar-refractivity contribution is 7.88. The fourth-order valence-electron chi connectivity index (χ4n) is 3.00. The standard InChI is InChI=1S/C12H22N2O3S/c1-18(16,17)14-8-4-7-11(14)9-13-12(15)10-5-2-3-6-10/h10-11H,2-9H2,1H3,(H,13,15). The first-order valence-electron chi connectivity index (χ1n) is 6.73. The van der Waals surface area contributed by atoms with E-state index < -0.39 is 10.0 Å². The van der Waals surface area contributed by atoms with Gasteiger partial charge in [-0.3, -0.25) is 4.79 Å². The van der Waals surface area contributed by atoms with Crippen LogP contribution in [-0.4, -0.2) is 44.0 Å². The lowest BCUT2D eigenvalue weighted by Gasteiger charge is -2.23. The Kier molecular flexibility index (Phi) is 4.27. The van der Waals surface area contributed by atoms with Gasteiger partial charge in [0.05, 0.1) is 6.26 Å². The molecule has 6 heteroatoms. The monoisotopic (exact) mass is 274 g/mol. The van der Waals surface area contributed by atoms with Gasteiger partial charge in [0.2, 0.25) is 15.9 Å². The molecule has 1 aliphatic heterocycles. The van der Waals surface area contributed by atoms with E-state index in [0.717, 1.165) is 38.5 Å². The van der Waals surface area contributed by atoms with Crippen molar-refractivity contribution in [1.82, 2.24) is 9.62 Å². The van der Waals surface area contributed by atoms with Crippen molar-refractivity contribution in [3.63, 3.8) is 0 Å². The van der Waals surface area contributed by atoms with Crippen molar-refractivity contribution in [3.8, 4) is 0 Å². The Morgan fingerprint density at radius 2 is 1.89 bits per heavy atom. The van der Waals surface area contributed by atoms with E-state index in [0.29, 0.717) is 13.1 Å². The van der Waals surface area contributed by atoms with Gasteiger partial charge in [-0.15, -0.1) is 0 Å². The van der Waals surface area contributed by atoms with Crippen molar-refractivity contribution in [2.75, 3.05) is 19.3 Å². The van der Waals surface area contributed by atoms with Crippen LogP contribution in [0.5, 0.6) is 0 Å². The summed E-state index contributed by atoms with van der Waals surface area (Å²) >= 11 is 0. The molecule has 1 saturated carbocycles. The molecule has 0 aromatic heterocycles. The van der Waals surface area contributed by atoms with Crippen LogP contribution in [0.1, 0.15) is 38.5 Å². The van der Waals surface area contributed by atoms with E-state index in [9.17, 15) is 13.2 Å². The Balaban J connectivity index is 1.84. The molecule has 2 fully saturated rings. The minimum Gasteiger partial charge on any atom is -0.354 e. The van der Waals surface area contributed by atoms with Gasteiger partial charge in [-0.05, 0) is 25.7 Å². The average molecular weight is 274 g/mol. The van der Waals surface area contributed by atoms with Crippen molar-refractivity contribution in [3.05, 3.63) is 0 Å².